The fourth-order valence-electron chi connectivity index (χ4n) is 4.47. The summed E-state index contributed by atoms with van der Waals surface area (Å²) in [5.74, 6) is 1.30. The minimum atomic E-state index is -0.774. The lowest BCUT2D eigenvalue weighted by Crippen LogP contribution is -2.48. The number of carbonyl (C=O) groups is 2. The van der Waals surface area contributed by atoms with E-state index in [-0.39, 0.29) is 22.9 Å². The van der Waals surface area contributed by atoms with Gasteiger partial charge in [0.15, 0.2) is 0 Å². The third kappa shape index (κ3) is 7.29. The first-order chi connectivity index (χ1) is 17.5. The number of carbonyl (C=O) groups excluding carboxylic acids is 2. The van der Waals surface area contributed by atoms with Crippen molar-refractivity contribution in [3.63, 3.8) is 0 Å². The smallest absolute Gasteiger partial charge is 0.247 e. The number of rotatable bonds is 9. The first kappa shape index (κ1) is 25.7. The predicted molar refractivity (Wildman–Crippen MR) is 141 cm³/mol. The second kappa shape index (κ2) is 12.5. The highest BCUT2D eigenvalue weighted by atomic mass is 35.5. The Labute approximate surface area is 216 Å². The lowest BCUT2D eigenvalue weighted by Gasteiger charge is -2.28. The number of amides is 2. The Bertz CT molecular complexity index is 1170. The van der Waals surface area contributed by atoms with Crippen molar-refractivity contribution < 1.29 is 14.3 Å². The maximum atomic E-state index is 13.3. The first-order valence-corrected chi connectivity index (χ1v) is 12.6. The van der Waals surface area contributed by atoms with E-state index in [0.29, 0.717) is 30.3 Å². The van der Waals surface area contributed by atoms with Crippen molar-refractivity contribution in [3.8, 4) is 11.5 Å². The van der Waals surface area contributed by atoms with Crippen LogP contribution in [0.4, 0.5) is 5.69 Å². The number of ether oxygens (including phenoxy) is 1. The summed E-state index contributed by atoms with van der Waals surface area (Å²) in [6.07, 6.45) is 5.25. The van der Waals surface area contributed by atoms with Gasteiger partial charge in [-0.05, 0) is 80.1 Å². The maximum Gasteiger partial charge on any atom is 0.247 e. The normalized spacial score (nSPS) is 18.2. The standard InChI is InChI=1S/C28H31ClN4O3/c29-26-17-22(13-14-31-26)32-28(35)25(33-27(34)21-11-9-19(18-30)10-12-21)16-20-5-4-8-24(15-20)36-23-6-2-1-3-7-23/h1-8,13-15,17,19,21,25H,9-12,16,18,30H2,(H,33,34)(H,31,32,35)/t19?,21?,25-/m0/s1. The molecule has 0 spiro atoms. The number of anilines is 1. The van der Waals surface area contributed by atoms with E-state index in [2.05, 4.69) is 15.6 Å². The van der Waals surface area contributed by atoms with E-state index in [1.54, 1.807) is 12.1 Å². The summed E-state index contributed by atoms with van der Waals surface area (Å²) < 4.78 is 5.95. The van der Waals surface area contributed by atoms with Crippen LogP contribution in [-0.2, 0) is 16.0 Å². The molecule has 8 heteroatoms. The van der Waals surface area contributed by atoms with Crippen LogP contribution < -0.4 is 21.1 Å². The molecule has 7 nitrogen and oxygen atoms in total. The number of halogens is 1. The Kier molecular flexibility index (Phi) is 8.92. The van der Waals surface area contributed by atoms with Gasteiger partial charge in [0.25, 0.3) is 0 Å². The number of hydrogen-bond donors (Lipinski definition) is 3. The Balaban J connectivity index is 1.48. The zero-order valence-corrected chi connectivity index (χ0v) is 20.8. The molecule has 1 fully saturated rings. The molecule has 3 aromatic rings. The van der Waals surface area contributed by atoms with Crippen LogP contribution in [0, 0.1) is 11.8 Å². The van der Waals surface area contributed by atoms with Gasteiger partial charge in [-0.15, -0.1) is 0 Å². The highest BCUT2D eigenvalue weighted by Crippen LogP contribution is 2.28. The average molecular weight is 507 g/mol. The van der Waals surface area contributed by atoms with E-state index in [1.165, 1.54) is 6.20 Å². The zero-order chi connectivity index (χ0) is 25.3. The summed E-state index contributed by atoms with van der Waals surface area (Å²) in [5.41, 5.74) is 7.18. The third-order valence-corrected chi connectivity index (χ3v) is 6.70. The topological polar surface area (TPSA) is 106 Å². The van der Waals surface area contributed by atoms with Crippen molar-refractivity contribution in [2.45, 2.75) is 38.1 Å². The molecule has 0 saturated heterocycles. The van der Waals surface area contributed by atoms with Crippen molar-refractivity contribution in [1.82, 2.24) is 10.3 Å². The van der Waals surface area contributed by atoms with Gasteiger partial charge in [0.1, 0.15) is 22.7 Å². The first-order valence-electron chi connectivity index (χ1n) is 12.2. The van der Waals surface area contributed by atoms with E-state index in [9.17, 15) is 9.59 Å². The molecule has 0 unspecified atom stereocenters. The van der Waals surface area contributed by atoms with E-state index >= 15 is 0 Å². The van der Waals surface area contributed by atoms with Gasteiger partial charge >= 0.3 is 0 Å². The van der Waals surface area contributed by atoms with Gasteiger partial charge < -0.3 is 21.1 Å². The minimum Gasteiger partial charge on any atom is -0.457 e. The number of nitrogens with zero attached hydrogens (tertiary/aromatic N) is 1. The van der Waals surface area contributed by atoms with Gasteiger partial charge in [0, 0.05) is 24.2 Å². The molecule has 1 heterocycles. The number of aromatic nitrogens is 1. The lowest BCUT2D eigenvalue weighted by molar-refractivity contribution is -0.130. The molecule has 1 saturated carbocycles. The number of nitrogens with two attached hydrogens (primary N) is 1. The SMILES string of the molecule is NCC1CCC(C(=O)N[C@@H](Cc2cccc(Oc3ccccc3)c2)C(=O)Nc2ccnc(Cl)c2)CC1. The average Bonchev–Trinajstić information content (AvgIpc) is 2.89. The van der Waals surface area contributed by atoms with Gasteiger partial charge in [-0.1, -0.05) is 41.9 Å². The summed E-state index contributed by atoms with van der Waals surface area (Å²) >= 11 is 5.98. The fourth-order valence-corrected chi connectivity index (χ4v) is 4.64. The maximum absolute atomic E-state index is 13.3. The lowest BCUT2D eigenvalue weighted by atomic mass is 9.81. The number of nitrogens with one attached hydrogen (secondary N) is 2. The summed E-state index contributed by atoms with van der Waals surface area (Å²) in [6.45, 7) is 0.648. The highest BCUT2D eigenvalue weighted by molar-refractivity contribution is 6.29. The Morgan fingerprint density at radius 2 is 1.75 bits per heavy atom. The molecular formula is C28H31ClN4O3. The molecule has 0 bridgehead atoms. The van der Waals surface area contributed by atoms with Crippen LogP contribution in [0.2, 0.25) is 5.15 Å². The quantitative estimate of drug-likeness (QED) is 0.356. The molecule has 1 atom stereocenters. The van der Waals surface area contributed by atoms with E-state index in [1.807, 2.05) is 54.6 Å². The molecular weight excluding hydrogens is 476 g/mol. The molecule has 1 aliphatic carbocycles. The van der Waals surface area contributed by atoms with Gasteiger partial charge in [-0.2, -0.15) is 0 Å². The molecule has 1 aliphatic rings. The molecule has 1 aromatic heterocycles. The Morgan fingerprint density at radius 1 is 1.00 bits per heavy atom. The number of para-hydroxylation sites is 1. The molecule has 188 valence electrons. The Morgan fingerprint density at radius 3 is 2.47 bits per heavy atom. The van der Waals surface area contributed by atoms with Gasteiger partial charge in [-0.25, -0.2) is 4.98 Å². The Hall–Kier alpha value is -3.42. The van der Waals surface area contributed by atoms with Crippen LogP contribution >= 0.6 is 11.6 Å². The van der Waals surface area contributed by atoms with Crippen LogP contribution in [0.15, 0.2) is 72.9 Å². The van der Waals surface area contributed by atoms with Crippen LogP contribution in [0.3, 0.4) is 0 Å². The van der Waals surface area contributed by atoms with Crippen LogP contribution in [-0.4, -0.2) is 29.4 Å². The molecule has 2 aromatic carbocycles. The van der Waals surface area contributed by atoms with Crippen LogP contribution in [0.5, 0.6) is 11.5 Å². The van der Waals surface area contributed by atoms with Crippen molar-refractivity contribution in [2.24, 2.45) is 17.6 Å². The van der Waals surface area contributed by atoms with Crippen LogP contribution in [0.1, 0.15) is 31.2 Å². The van der Waals surface area contributed by atoms with Crippen LogP contribution in [0.25, 0.3) is 0 Å². The molecule has 0 radical (unpaired) electrons. The van der Waals surface area contributed by atoms with Crippen molar-refractivity contribution in [2.75, 3.05) is 11.9 Å². The largest absolute Gasteiger partial charge is 0.457 e. The van der Waals surface area contributed by atoms with Gasteiger partial charge in [0.2, 0.25) is 11.8 Å². The molecule has 4 N–H and O–H groups in total. The fraction of sp³-hybridized carbons (Fsp3) is 0.321. The number of hydrogen-bond acceptors (Lipinski definition) is 5. The summed E-state index contributed by atoms with van der Waals surface area (Å²) in [4.78, 5) is 30.4. The van der Waals surface area contributed by atoms with Gasteiger partial charge in [0.05, 0.1) is 0 Å². The van der Waals surface area contributed by atoms with Crippen molar-refractivity contribution in [1.29, 1.82) is 0 Å². The van der Waals surface area contributed by atoms with E-state index < -0.39 is 6.04 Å². The van der Waals surface area contributed by atoms with Crippen molar-refractivity contribution >= 4 is 29.1 Å². The number of pyridine rings is 1. The highest BCUT2D eigenvalue weighted by Gasteiger charge is 2.29. The van der Waals surface area contributed by atoms with Crippen molar-refractivity contribution in [3.05, 3.63) is 83.6 Å². The second-order valence-electron chi connectivity index (χ2n) is 9.14. The summed E-state index contributed by atoms with van der Waals surface area (Å²) in [7, 11) is 0. The number of benzene rings is 2. The van der Waals surface area contributed by atoms with E-state index in [4.69, 9.17) is 22.1 Å². The zero-order valence-electron chi connectivity index (χ0n) is 20.0. The predicted octanol–water partition coefficient (Wildman–Crippen LogP) is 4.96. The summed E-state index contributed by atoms with van der Waals surface area (Å²) in [5, 5.41) is 6.13. The second-order valence-corrected chi connectivity index (χ2v) is 9.52. The molecule has 36 heavy (non-hydrogen) atoms. The summed E-state index contributed by atoms with van der Waals surface area (Å²) in [6, 6.07) is 19.5. The minimum absolute atomic E-state index is 0.102. The molecule has 0 aliphatic heterocycles. The third-order valence-electron chi connectivity index (χ3n) is 6.50. The van der Waals surface area contributed by atoms with Gasteiger partial charge in [-0.3, -0.25) is 9.59 Å². The molecule has 2 amide bonds. The van der Waals surface area contributed by atoms with E-state index in [0.717, 1.165) is 37.0 Å². The molecule has 4 rings (SSSR count). The monoisotopic (exact) mass is 506 g/mol.